The van der Waals surface area contributed by atoms with Gasteiger partial charge in [-0.05, 0) is 59.9 Å². The summed E-state index contributed by atoms with van der Waals surface area (Å²) in [6.07, 6.45) is 9.84. The Balaban J connectivity index is 1.67. The Morgan fingerprint density at radius 3 is 2.21 bits per heavy atom. The minimum absolute atomic E-state index is 1.12. The minimum Gasteiger partial charge on any atom is -0.309 e. The van der Waals surface area contributed by atoms with E-state index in [2.05, 4.69) is 83.0 Å². The van der Waals surface area contributed by atoms with Gasteiger partial charge in [-0.3, -0.25) is 9.97 Å². The van der Waals surface area contributed by atoms with Crippen LogP contribution in [0, 0.1) is 6.92 Å². The van der Waals surface area contributed by atoms with Crippen molar-refractivity contribution >= 4 is 21.8 Å². The monoisotopic (exact) mass is 377 g/mol. The number of benzene rings is 2. The van der Waals surface area contributed by atoms with E-state index in [4.69, 9.17) is 0 Å². The molecule has 0 spiro atoms. The van der Waals surface area contributed by atoms with E-state index in [0.717, 1.165) is 33.9 Å². The second kappa shape index (κ2) is 7.17. The predicted octanol–water partition coefficient (Wildman–Crippen LogP) is 6.50. The molecule has 5 aromatic rings. The summed E-state index contributed by atoms with van der Waals surface area (Å²) in [6.45, 7) is 4.42. The van der Waals surface area contributed by atoms with Crippen molar-refractivity contribution in [3.05, 3.63) is 90.5 Å². The first-order valence-corrected chi connectivity index (χ1v) is 10.1. The van der Waals surface area contributed by atoms with Crippen LogP contribution in [0.15, 0.2) is 79.4 Å². The van der Waals surface area contributed by atoms with E-state index in [9.17, 15) is 0 Å². The van der Waals surface area contributed by atoms with Gasteiger partial charge in [0, 0.05) is 41.2 Å². The molecule has 2 aromatic carbocycles. The summed E-state index contributed by atoms with van der Waals surface area (Å²) in [7, 11) is 0. The molecule has 0 aliphatic carbocycles. The van der Waals surface area contributed by atoms with E-state index < -0.39 is 0 Å². The Morgan fingerprint density at radius 2 is 1.55 bits per heavy atom. The third-order valence-electron chi connectivity index (χ3n) is 5.61. The van der Waals surface area contributed by atoms with E-state index in [-0.39, 0.29) is 0 Å². The lowest BCUT2D eigenvalue weighted by Crippen LogP contribution is -1.96. The lowest BCUT2D eigenvalue weighted by molar-refractivity contribution is 0.922. The molecule has 0 atom stereocenters. The quantitative estimate of drug-likeness (QED) is 0.358. The zero-order valence-electron chi connectivity index (χ0n) is 16.8. The fraction of sp³-hybridized carbons (Fsp3) is 0.154. The summed E-state index contributed by atoms with van der Waals surface area (Å²) < 4.78 is 2.30. The van der Waals surface area contributed by atoms with Gasteiger partial charge in [0.15, 0.2) is 0 Å². The molecule has 0 amide bonds. The van der Waals surface area contributed by atoms with E-state index in [0.29, 0.717) is 0 Å². The number of aryl methyl sites for hydroxylation is 2. The van der Waals surface area contributed by atoms with Crippen LogP contribution in [0.1, 0.15) is 24.5 Å². The lowest BCUT2D eigenvalue weighted by atomic mass is 9.97. The maximum Gasteiger partial charge on any atom is 0.0572 e. The average molecular weight is 377 g/mol. The Bertz CT molecular complexity index is 1280. The molecule has 0 unspecified atom stereocenters. The van der Waals surface area contributed by atoms with Gasteiger partial charge in [-0.1, -0.05) is 43.7 Å². The molecule has 3 nitrogen and oxygen atoms in total. The van der Waals surface area contributed by atoms with Crippen LogP contribution >= 0.6 is 0 Å². The van der Waals surface area contributed by atoms with Gasteiger partial charge in [0.2, 0.25) is 0 Å². The first-order valence-electron chi connectivity index (χ1n) is 10.1. The van der Waals surface area contributed by atoms with Gasteiger partial charge in [0.1, 0.15) is 0 Å². The first-order chi connectivity index (χ1) is 14.3. The molecule has 3 heterocycles. The summed E-state index contributed by atoms with van der Waals surface area (Å²) in [5.41, 5.74) is 8.71. The smallest absolute Gasteiger partial charge is 0.0572 e. The zero-order valence-corrected chi connectivity index (χ0v) is 16.8. The third kappa shape index (κ3) is 2.99. The minimum atomic E-state index is 1.12. The van der Waals surface area contributed by atoms with Gasteiger partial charge in [0.25, 0.3) is 0 Å². The van der Waals surface area contributed by atoms with Gasteiger partial charge in [0.05, 0.1) is 11.0 Å². The van der Waals surface area contributed by atoms with E-state index in [1.54, 1.807) is 0 Å². The highest BCUT2D eigenvalue weighted by atomic mass is 15.0. The molecule has 0 saturated carbocycles. The number of aromatic nitrogens is 3. The molecule has 0 radical (unpaired) electrons. The van der Waals surface area contributed by atoms with Crippen LogP contribution in [0.2, 0.25) is 0 Å². The molecule has 0 aliphatic rings. The van der Waals surface area contributed by atoms with E-state index >= 15 is 0 Å². The fourth-order valence-corrected chi connectivity index (χ4v) is 4.28. The standard InChI is InChI=1S/C26H23N3/c1-3-5-19-6-4-7-20(15-19)22-9-8-21(14-18(22)2)29-25-10-12-27-16-23(25)24-17-28-13-11-26(24)29/h4,6-17H,3,5H2,1-2H3. The van der Waals surface area contributed by atoms with Crippen molar-refractivity contribution < 1.29 is 0 Å². The van der Waals surface area contributed by atoms with Crippen molar-refractivity contribution in [2.24, 2.45) is 0 Å². The molecule has 3 aromatic heterocycles. The normalized spacial score (nSPS) is 11.4. The summed E-state index contributed by atoms with van der Waals surface area (Å²) in [5.74, 6) is 0. The van der Waals surface area contributed by atoms with Gasteiger partial charge < -0.3 is 4.57 Å². The molecule has 0 N–H and O–H groups in total. The summed E-state index contributed by atoms with van der Waals surface area (Å²) in [5, 5.41) is 2.26. The number of pyridine rings is 2. The van der Waals surface area contributed by atoms with Crippen LogP contribution in [0.25, 0.3) is 38.6 Å². The molecule has 0 aliphatic heterocycles. The number of nitrogens with zero attached hydrogens (tertiary/aromatic N) is 3. The highest BCUT2D eigenvalue weighted by molar-refractivity contribution is 6.08. The summed E-state index contributed by atoms with van der Waals surface area (Å²) >= 11 is 0. The number of hydrogen-bond acceptors (Lipinski definition) is 2. The van der Waals surface area contributed by atoms with Crippen LogP contribution in [0.3, 0.4) is 0 Å². The summed E-state index contributed by atoms with van der Waals surface area (Å²) in [4.78, 5) is 8.65. The lowest BCUT2D eigenvalue weighted by Gasteiger charge is -2.13. The Labute approximate surface area is 170 Å². The van der Waals surface area contributed by atoms with Crippen molar-refractivity contribution in [1.29, 1.82) is 0 Å². The van der Waals surface area contributed by atoms with Crippen molar-refractivity contribution in [2.75, 3.05) is 0 Å². The number of fused-ring (bicyclic) bond motifs is 3. The molecule has 3 heteroatoms. The third-order valence-corrected chi connectivity index (χ3v) is 5.61. The highest BCUT2D eigenvalue weighted by Gasteiger charge is 2.13. The Kier molecular flexibility index (Phi) is 4.36. The van der Waals surface area contributed by atoms with E-state index in [1.807, 2.05) is 24.8 Å². The largest absolute Gasteiger partial charge is 0.309 e. The fourth-order valence-electron chi connectivity index (χ4n) is 4.28. The molecule has 142 valence electrons. The molecular formula is C26H23N3. The van der Waals surface area contributed by atoms with Crippen molar-refractivity contribution in [1.82, 2.24) is 14.5 Å². The maximum absolute atomic E-state index is 4.32. The van der Waals surface area contributed by atoms with Crippen molar-refractivity contribution in [2.45, 2.75) is 26.7 Å². The van der Waals surface area contributed by atoms with Crippen LogP contribution in [-0.2, 0) is 6.42 Å². The van der Waals surface area contributed by atoms with Gasteiger partial charge >= 0.3 is 0 Å². The second-order valence-corrected chi connectivity index (χ2v) is 7.57. The maximum atomic E-state index is 4.32. The van der Waals surface area contributed by atoms with Gasteiger partial charge in [-0.25, -0.2) is 0 Å². The number of rotatable bonds is 4. The zero-order chi connectivity index (χ0) is 19.8. The predicted molar refractivity (Wildman–Crippen MR) is 121 cm³/mol. The molecular weight excluding hydrogens is 354 g/mol. The van der Waals surface area contributed by atoms with E-state index in [1.165, 1.54) is 28.7 Å². The van der Waals surface area contributed by atoms with Gasteiger partial charge in [-0.2, -0.15) is 0 Å². The Hall–Kier alpha value is -3.46. The van der Waals surface area contributed by atoms with Crippen LogP contribution < -0.4 is 0 Å². The molecule has 0 fully saturated rings. The van der Waals surface area contributed by atoms with Crippen LogP contribution in [-0.4, -0.2) is 14.5 Å². The highest BCUT2D eigenvalue weighted by Crippen LogP contribution is 2.33. The molecule has 0 saturated heterocycles. The van der Waals surface area contributed by atoms with Crippen molar-refractivity contribution in [3.8, 4) is 16.8 Å². The first kappa shape index (κ1) is 17.6. The molecule has 29 heavy (non-hydrogen) atoms. The Morgan fingerprint density at radius 1 is 0.828 bits per heavy atom. The number of hydrogen-bond donors (Lipinski definition) is 0. The molecule has 0 bridgehead atoms. The second-order valence-electron chi connectivity index (χ2n) is 7.57. The van der Waals surface area contributed by atoms with Gasteiger partial charge in [-0.15, -0.1) is 0 Å². The SMILES string of the molecule is CCCc1cccc(-c2ccc(-n3c4ccncc4c4cnccc43)cc2C)c1. The van der Waals surface area contributed by atoms with Crippen LogP contribution in [0.4, 0.5) is 0 Å². The topological polar surface area (TPSA) is 30.7 Å². The summed E-state index contributed by atoms with van der Waals surface area (Å²) in [6, 6.07) is 19.8. The molecule has 5 rings (SSSR count). The van der Waals surface area contributed by atoms with Crippen LogP contribution in [0.5, 0.6) is 0 Å². The van der Waals surface area contributed by atoms with Crippen molar-refractivity contribution in [3.63, 3.8) is 0 Å². The average Bonchev–Trinajstić information content (AvgIpc) is 3.09.